The normalized spacial score (nSPS) is 15.6. The first-order chi connectivity index (χ1) is 12.9. The average Bonchev–Trinajstić information content (AvgIpc) is 2.67. The number of piperazine rings is 1. The lowest BCUT2D eigenvalue weighted by Gasteiger charge is -2.34. The van der Waals surface area contributed by atoms with E-state index in [4.69, 9.17) is 0 Å². The molecule has 1 aliphatic heterocycles. The number of rotatable bonds is 5. The number of carbonyl (C=O) groups excluding carboxylic acids is 1. The lowest BCUT2D eigenvalue weighted by molar-refractivity contribution is -0.137. The number of alkyl halides is 3. The summed E-state index contributed by atoms with van der Waals surface area (Å²) in [6, 6.07) is 6.22. The predicted molar refractivity (Wildman–Crippen MR) is 95.4 cm³/mol. The Kier molecular flexibility index (Phi) is 5.90. The first-order valence-electron chi connectivity index (χ1n) is 8.63. The van der Waals surface area contributed by atoms with Crippen LogP contribution in [0.1, 0.15) is 12.0 Å². The molecule has 1 N–H and O–H groups in total. The minimum Gasteiger partial charge on any atom is -0.338 e. The number of aromatic nitrogens is 2. The number of benzene rings is 1. The molecule has 2 heterocycles. The van der Waals surface area contributed by atoms with Gasteiger partial charge in [0.15, 0.2) is 0 Å². The van der Waals surface area contributed by atoms with Crippen LogP contribution < -0.4 is 10.2 Å². The molecule has 1 aliphatic rings. The molecule has 0 saturated carbocycles. The summed E-state index contributed by atoms with van der Waals surface area (Å²) in [7, 11) is 0. The lowest BCUT2D eigenvalue weighted by Crippen LogP contribution is -2.47. The Balaban J connectivity index is 1.41. The Morgan fingerprint density at radius 3 is 2.26 bits per heavy atom. The average molecular weight is 379 g/mol. The van der Waals surface area contributed by atoms with Crippen molar-refractivity contribution in [2.45, 2.75) is 12.6 Å². The van der Waals surface area contributed by atoms with Gasteiger partial charge in [0, 0.05) is 57.2 Å². The molecular weight excluding hydrogens is 359 g/mol. The van der Waals surface area contributed by atoms with E-state index in [0.29, 0.717) is 18.2 Å². The molecule has 2 aromatic rings. The molecule has 27 heavy (non-hydrogen) atoms. The summed E-state index contributed by atoms with van der Waals surface area (Å²) in [6.45, 7) is 3.75. The van der Waals surface area contributed by atoms with Crippen molar-refractivity contribution in [3.05, 3.63) is 48.3 Å². The molecule has 3 rings (SSSR count). The van der Waals surface area contributed by atoms with Crippen LogP contribution in [0.3, 0.4) is 0 Å². The van der Waals surface area contributed by atoms with Gasteiger partial charge in [-0.2, -0.15) is 13.2 Å². The molecule has 6 nitrogen and oxygen atoms in total. The maximum absolute atomic E-state index is 12.5. The van der Waals surface area contributed by atoms with E-state index in [-0.39, 0.29) is 12.3 Å². The van der Waals surface area contributed by atoms with Crippen LogP contribution in [0.2, 0.25) is 0 Å². The Morgan fingerprint density at radius 1 is 1.04 bits per heavy atom. The Labute approximate surface area is 155 Å². The van der Waals surface area contributed by atoms with Gasteiger partial charge >= 0.3 is 6.18 Å². The number of hydrogen-bond donors (Lipinski definition) is 1. The van der Waals surface area contributed by atoms with Gasteiger partial charge in [-0.05, 0) is 30.3 Å². The molecule has 1 saturated heterocycles. The van der Waals surface area contributed by atoms with Gasteiger partial charge in [0.2, 0.25) is 11.9 Å². The topological polar surface area (TPSA) is 61.4 Å². The molecule has 1 aromatic carbocycles. The van der Waals surface area contributed by atoms with E-state index in [1.807, 2.05) is 0 Å². The van der Waals surface area contributed by atoms with Crippen molar-refractivity contribution in [2.24, 2.45) is 0 Å². The standard InChI is InChI=1S/C18H20F3N5O/c19-18(20,21)14-2-4-15(5-3-14)24-16(27)6-9-25-10-12-26(13-11-25)17-22-7-1-8-23-17/h1-5,7-8H,6,9-13H2,(H,24,27). The summed E-state index contributed by atoms with van der Waals surface area (Å²) in [5.41, 5.74) is -0.375. The number of carbonyl (C=O) groups is 1. The third kappa shape index (κ3) is 5.40. The molecule has 1 amide bonds. The Hall–Kier alpha value is -2.68. The van der Waals surface area contributed by atoms with E-state index in [0.717, 1.165) is 38.3 Å². The highest BCUT2D eigenvalue weighted by molar-refractivity contribution is 5.90. The van der Waals surface area contributed by atoms with E-state index in [1.165, 1.54) is 12.1 Å². The second-order valence-corrected chi connectivity index (χ2v) is 6.25. The second-order valence-electron chi connectivity index (χ2n) is 6.25. The van der Waals surface area contributed by atoms with Crippen molar-refractivity contribution in [3.63, 3.8) is 0 Å². The van der Waals surface area contributed by atoms with Crippen LogP contribution in [-0.4, -0.2) is 53.5 Å². The van der Waals surface area contributed by atoms with E-state index in [2.05, 4.69) is 25.1 Å². The molecule has 0 spiro atoms. The predicted octanol–water partition coefficient (Wildman–Crippen LogP) is 2.65. The number of hydrogen-bond acceptors (Lipinski definition) is 5. The summed E-state index contributed by atoms with van der Waals surface area (Å²) in [5.74, 6) is 0.487. The maximum Gasteiger partial charge on any atom is 0.416 e. The van der Waals surface area contributed by atoms with Gasteiger partial charge in [-0.1, -0.05) is 0 Å². The van der Waals surface area contributed by atoms with E-state index >= 15 is 0 Å². The molecule has 0 aliphatic carbocycles. The Bertz CT molecular complexity index is 744. The first kappa shape index (κ1) is 19.1. The SMILES string of the molecule is O=C(CCN1CCN(c2ncccn2)CC1)Nc1ccc(C(F)(F)F)cc1. The zero-order valence-corrected chi connectivity index (χ0v) is 14.6. The van der Waals surface area contributed by atoms with Gasteiger partial charge < -0.3 is 10.2 Å². The highest BCUT2D eigenvalue weighted by Crippen LogP contribution is 2.29. The van der Waals surface area contributed by atoms with Crippen LogP contribution in [0.15, 0.2) is 42.7 Å². The third-order valence-electron chi connectivity index (χ3n) is 4.36. The second kappa shape index (κ2) is 8.34. The monoisotopic (exact) mass is 379 g/mol. The Morgan fingerprint density at radius 2 is 1.67 bits per heavy atom. The largest absolute Gasteiger partial charge is 0.416 e. The molecular formula is C18H20F3N5O. The van der Waals surface area contributed by atoms with Crippen LogP contribution in [0.25, 0.3) is 0 Å². The minimum atomic E-state index is -4.38. The smallest absolute Gasteiger partial charge is 0.338 e. The van der Waals surface area contributed by atoms with Crippen molar-refractivity contribution in [1.29, 1.82) is 0 Å². The molecule has 0 unspecified atom stereocenters. The van der Waals surface area contributed by atoms with Crippen molar-refractivity contribution >= 4 is 17.5 Å². The van der Waals surface area contributed by atoms with Crippen LogP contribution in [-0.2, 0) is 11.0 Å². The number of amides is 1. The van der Waals surface area contributed by atoms with Gasteiger partial charge in [-0.15, -0.1) is 0 Å². The van der Waals surface area contributed by atoms with Crippen molar-refractivity contribution in [1.82, 2.24) is 14.9 Å². The zero-order valence-electron chi connectivity index (χ0n) is 14.6. The summed E-state index contributed by atoms with van der Waals surface area (Å²) >= 11 is 0. The molecule has 0 atom stereocenters. The summed E-state index contributed by atoms with van der Waals surface area (Å²) in [6.07, 6.45) is -0.682. The van der Waals surface area contributed by atoms with E-state index in [1.54, 1.807) is 18.5 Å². The number of halogens is 3. The molecule has 9 heteroatoms. The van der Waals surface area contributed by atoms with E-state index in [9.17, 15) is 18.0 Å². The van der Waals surface area contributed by atoms with Gasteiger partial charge in [0.25, 0.3) is 0 Å². The van der Waals surface area contributed by atoms with Crippen LogP contribution >= 0.6 is 0 Å². The molecule has 1 fully saturated rings. The third-order valence-corrected chi connectivity index (χ3v) is 4.36. The molecule has 0 bridgehead atoms. The first-order valence-corrected chi connectivity index (χ1v) is 8.63. The fourth-order valence-corrected chi connectivity index (χ4v) is 2.85. The molecule has 1 aromatic heterocycles. The van der Waals surface area contributed by atoms with Crippen LogP contribution in [0.4, 0.5) is 24.8 Å². The minimum absolute atomic E-state index is 0.219. The summed E-state index contributed by atoms with van der Waals surface area (Å²) in [4.78, 5) is 24.8. The number of nitrogens with one attached hydrogen (secondary N) is 1. The fraction of sp³-hybridized carbons (Fsp3) is 0.389. The maximum atomic E-state index is 12.5. The molecule has 144 valence electrons. The van der Waals surface area contributed by atoms with Crippen LogP contribution in [0.5, 0.6) is 0 Å². The van der Waals surface area contributed by atoms with Crippen molar-refractivity contribution in [2.75, 3.05) is 42.9 Å². The highest BCUT2D eigenvalue weighted by atomic mass is 19.4. The quantitative estimate of drug-likeness (QED) is 0.866. The van der Waals surface area contributed by atoms with Gasteiger partial charge in [-0.3, -0.25) is 9.69 Å². The summed E-state index contributed by atoms with van der Waals surface area (Å²) in [5, 5.41) is 2.63. The van der Waals surface area contributed by atoms with Crippen molar-refractivity contribution < 1.29 is 18.0 Å². The number of nitrogens with zero attached hydrogens (tertiary/aromatic N) is 4. The fourth-order valence-electron chi connectivity index (χ4n) is 2.85. The van der Waals surface area contributed by atoms with Gasteiger partial charge in [0.05, 0.1) is 5.56 Å². The molecule has 0 radical (unpaired) electrons. The van der Waals surface area contributed by atoms with Gasteiger partial charge in [-0.25, -0.2) is 9.97 Å². The van der Waals surface area contributed by atoms with Crippen molar-refractivity contribution in [3.8, 4) is 0 Å². The summed E-state index contributed by atoms with van der Waals surface area (Å²) < 4.78 is 37.6. The highest BCUT2D eigenvalue weighted by Gasteiger charge is 2.30. The van der Waals surface area contributed by atoms with Gasteiger partial charge in [0.1, 0.15) is 0 Å². The number of anilines is 2. The van der Waals surface area contributed by atoms with Crippen LogP contribution in [0, 0.1) is 0 Å². The zero-order chi connectivity index (χ0) is 19.3. The lowest BCUT2D eigenvalue weighted by atomic mass is 10.2. The van der Waals surface area contributed by atoms with E-state index < -0.39 is 11.7 Å².